The molecule has 0 saturated carbocycles. The molecule has 0 saturated heterocycles. The molecule has 0 spiro atoms. The van der Waals surface area contributed by atoms with Crippen LogP contribution in [-0.2, 0) is 0 Å². The summed E-state index contributed by atoms with van der Waals surface area (Å²) in [5, 5.41) is 0. The minimum atomic E-state index is -0.337. The number of nitrogens with zero attached hydrogens (tertiary/aromatic N) is 1. The van der Waals surface area contributed by atoms with Gasteiger partial charge in [0, 0.05) is 12.1 Å². The molecular formula is C12H11FN2O. The van der Waals surface area contributed by atoms with Crippen molar-refractivity contribution in [2.24, 2.45) is 0 Å². The van der Waals surface area contributed by atoms with Crippen molar-refractivity contribution in [3.8, 4) is 11.6 Å². The lowest BCUT2D eigenvalue weighted by Crippen LogP contribution is -1.92. The number of ether oxygens (including phenoxy) is 1. The Hall–Kier alpha value is -2.10. The zero-order chi connectivity index (χ0) is 11.5. The fourth-order valence-electron chi connectivity index (χ4n) is 1.25. The van der Waals surface area contributed by atoms with E-state index in [0.717, 1.165) is 5.56 Å². The Bertz CT molecular complexity index is 497. The van der Waals surface area contributed by atoms with Crippen LogP contribution < -0.4 is 10.5 Å². The van der Waals surface area contributed by atoms with Crippen molar-refractivity contribution in [1.29, 1.82) is 0 Å². The number of hydrogen-bond acceptors (Lipinski definition) is 3. The van der Waals surface area contributed by atoms with Crippen molar-refractivity contribution in [1.82, 2.24) is 4.98 Å². The second kappa shape index (κ2) is 4.18. The highest BCUT2D eigenvalue weighted by molar-refractivity contribution is 5.39. The van der Waals surface area contributed by atoms with Crippen molar-refractivity contribution >= 4 is 5.69 Å². The lowest BCUT2D eigenvalue weighted by atomic mass is 10.2. The number of anilines is 1. The number of hydrogen-bond donors (Lipinski definition) is 1. The van der Waals surface area contributed by atoms with Gasteiger partial charge >= 0.3 is 0 Å². The number of benzene rings is 1. The molecule has 0 aliphatic carbocycles. The van der Waals surface area contributed by atoms with Crippen LogP contribution in [0.2, 0.25) is 0 Å². The van der Waals surface area contributed by atoms with Gasteiger partial charge in [-0.1, -0.05) is 6.07 Å². The van der Waals surface area contributed by atoms with E-state index in [4.69, 9.17) is 10.5 Å². The van der Waals surface area contributed by atoms with Crippen LogP contribution in [0.3, 0.4) is 0 Å². The molecule has 0 aliphatic heterocycles. The van der Waals surface area contributed by atoms with E-state index in [-0.39, 0.29) is 5.82 Å². The van der Waals surface area contributed by atoms with Gasteiger partial charge in [-0.2, -0.15) is 0 Å². The van der Waals surface area contributed by atoms with Gasteiger partial charge in [-0.3, -0.25) is 0 Å². The molecule has 0 bridgehead atoms. The number of nitrogens with two attached hydrogens (primary N) is 1. The van der Waals surface area contributed by atoms with Gasteiger partial charge in [-0.25, -0.2) is 9.37 Å². The van der Waals surface area contributed by atoms with E-state index in [1.165, 1.54) is 18.3 Å². The molecule has 0 unspecified atom stereocenters. The van der Waals surface area contributed by atoms with Crippen molar-refractivity contribution in [3.05, 3.63) is 47.9 Å². The molecule has 16 heavy (non-hydrogen) atoms. The number of halogens is 1. The summed E-state index contributed by atoms with van der Waals surface area (Å²) in [6, 6.07) is 7.69. The number of nitrogen functional groups attached to an aromatic ring is 1. The molecule has 2 N–H and O–H groups in total. The van der Waals surface area contributed by atoms with Crippen molar-refractivity contribution in [2.45, 2.75) is 6.92 Å². The van der Waals surface area contributed by atoms with Gasteiger partial charge in [0.25, 0.3) is 0 Å². The summed E-state index contributed by atoms with van der Waals surface area (Å²) in [6.07, 6.45) is 1.49. The Morgan fingerprint density at radius 2 is 2.06 bits per heavy atom. The Morgan fingerprint density at radius 1 is 1.25 bits per heavy atom. The highest BCUT2D eigenvalue weighted by Gasteiger charge is 2.03. The summed E-state index contributed by atoms with van der Waals surface area (Å²) in [6.45, 7) is 1.84. The maximum absolute atomic E-state index is 13.0. The first-order valence-electron chi connectivity index (χ1n) is 4.81. The predicted molar refractivity (Wildman–Crippen MR) is 59.9 cm³/mol. The topological polar surface area (TPSA) is 48.1 Å². The maximum atomic E-state index is 13.0. The molecule has 0 aliphatic rings. The van der Waals surface area contributed by atoms with Crippen LogP contribution in [0.1, 0.15) is 5.56 Å². The molecule has 2 rings (SSSR count). The molecule has 1 aromatic heterocycles. The minimum absolute atomic E-state index is 0.337. The van der Waals surface area contributed by atoms with Crippen molar-refractivity contribution < 1.29 is 9.13 Å². The first kappa shape index (κ1) is 10.4. The largest absolute Gasteiger partial charge is 0.439 e. The Kier molecular flexibility index (Phi) is 2.72. The van der Waals surface area contributed by atoms with Crippen LogP contribution in [0.25, 0.3) is 0 Å². The van der Waals surface area contributed by atoms with Crippen molar-refractivity contribution in [2.75, 3.05) is 5.73 Å². The highest BCUT2D eigenvalue weighted by atomic mass is 19.1. The third-order valence-corrected chi connectivity index (χ3v) is 2.12. The monoisotopic (exact) mass is 218 g/mol. The minimum Gasteiger partial charge on any atom is -0.439 e. The maximum Gasteiger partial charge on any atom is 0.219 e. The Labute approximate surface area is 92.7 Å². The summed E-state index contributed by atoms with van der Waals surface area (Å²) < 4.78 is 18.4. The SMILES string of the molecule is Cc1ccc(F)cc1Oc1ccc(N)cn1. The van der Waals surface area contributed by atoms with Crippen LogP contribution in [0.15, 0.2) is 36.5 Å². The molecule has 2 aromatic rings. The van der Waals surface area contributed by atoms with E-state index in [9.17, 15) is 4.39 Å². The lowest BCUT2D eigenvalue weighted by Gasteiger charge is -2.07. The predicted octanol–water partition coefficient (Wildman–Crippen LogP) is 2.90. The Balaban J connectivity index is 2.26. The van der Waals surface area contributed by atoms with Gasteiger partial charge in [0.05, 0.1) is 11.9 Å². The molecule has 0 amide bonds. The van der Waals surface area contributed by atoms with E-state index in [2.05, 4.69) is 4.98 Å². The Morgan fingerprint density at radius 3 is 2.75 bits per heavy atom. The summed E-state index contributed by atoms with van der Waals surface area (Å²) >= 11 is 0. The second-order valence-electron chi connectivity index (χ2n) is 3.44. The zero-order valence-electron chi connectivity index (χ0n) is 8.77. The second-order valence-corrected chi connectivity index (χ2v) is 3.44. The molecular weight excluding hydrogens is 207 g/mol. The summed E-state index contributed by atoms with van der Waals surface area (Å²) in [7, 11) is 0. The van der Waals surface area contributed by atoms with Crippen LogP contribution in [-0.4, -0.2) is 4.98 Å². The van der Waals surface area contributed by atoms with Crippen LogP contribution >= 0.6 is 0 Å². The standard InChI is InChI=1S/C12H11FN2O/c1-8-2-3-9(13)6-11(8)16-12-5-4-10(14)7-15-12/h2-7H,14H2,1H3. The van der Waals surface area contributed by atoms with E-state index >= 15 is 0 Å². The quantitative estimate of drug-likeness (QED) is 0.843. The fraction of sp³-hybridized carbons (Fsp3) is 0.0833. The molecule has 0 fully saturated rings. The summed E-state index contributed by atoms with van der Waals surface area (Å²) in [4.78, 5) is 3.97. The van der Waals surface area contributed by atoms with E-state index in [1.807, 2.05) is 6.92 Å². The molecule has 0 atom stereocenters. The van der Waals surface area contributed by atoms with Crippen LogP contribution in [0, 0.1) is 12.7 Å². The van der Waals surface area contributed by atoms with E-state index in [1.54, 1.807) is 18.2 Å². The smallest absolute Gasteiger partial charge is 0.219 e. The molecule has 0 radical (unpaired) electrons. The number of pyridine rings is 1. The number of aryl methyl sites for hydroxylation is 1. The molecule has 82 valence electrons. The zero-order valence-corrected chi connectivity index (χ0v) is 8.77. The third-order valence-electron chi connectivity index (χ3n) is 2.12. The van der Waals surface area contributed by atoms with Gasteiger partial charge in [-0.15, -0.1) is 0 Å². The normalized spacial score (nSPS) is 10.1. The van der Waals surface area contributed by atoms with E-state index < -0.39 is 0 Å². The average molecular weight is 218 g/mol. The molecule has 1 heterocycles. The van der Waals surface area contributed by atoms with Gasteiger partial charge in [0.15, 0.2) is 0 Å². The van der Waals surface area contributed by atoms with Crippen LogP contribution in [0.4, 0.5) is 10.1 Å². The summed E-state index contributed by atoms with van der Waals surface area (Å²) in [5.74, 6) is 0.510. The number of aromatic nitrogens is 1. The van der Waals surface area contributed by atoms with Gasteiger partial charge in [0.1, 0.15) is 11.6 Å². The first-order valence-corrected chi connectivity index (χ1v) is 4.81. The van der Waals surface area contributed by atoms with Gasteiger partial charge in [-0.05, 0) is 24.6 Å². The van der Waals surface area contributed by atoms with Crippen LogP contribution in [0.5, 0.6) is 11.6 Å². The third kappa shape index (κ3) is 2.28. The highest BCUT2D eigenvalue weighted by Crippen LogP contribution is 2.24. The molecule has 1 aromatic carbocycles. The molecule has 4 heteroatoms. The number of rotatable bonds is 2. The average Bonchev–Trinajstić information content (AvgIpc) is 2.27. The molecule has 3 nitrogen and oxygen atoms in total. The van der Waals surface area contributed by atoms with Crippen molar-refractivity contribution in [3.63, 3.8) is 0 Å². The fourth-order valence-corrected chi connectivity index (χ4v) is 1.25. The lowest BCUT2D eigenvalue weighted by molar-refractivity contribution is 0.455. The van der Waals surface area contributed by atoms with Gasteiger partial charge < -0.3 is 10.5 Å². The van der Waals surface area contributed by atoms with Gasteiger partial charge in [0.2, 0.25) is 5.88 Å². The van der Waals surface area contributed by atoms with E-state index in [0.29, 0.717) is 17.3 Å². The summed E-state index contributed by atoms with van der Waals surface area (Å²) in [5.41, 5.74) is 6.90. The first-order chi connectivity index (χ1) is 7.65.